The fourth-order valence-corrected chi connectivity index (χ4v) is 4.64. The number of imidazole rings is 1. The Morgan fingerprint density at radius 3 is 2.72 bits per heavy atom. The molecule has 1 aliphatic rings. The van der Waals surface area contributed by atoms with Crippen LogP contribution in [0.3, 0.4) is 0 Å². The Morgan fingerprint density at radius 2 is 1.75 bits per heavy atom. The first-order chi connectivity index (χ1) is 15.8. The molecular formula is C25H23N7. The maximum atomic E-state index is 5.99. The lowest BCUT2D eigenvalue weighted by Crippen LogP contribution is -2.32. The molecule has 158 valence electrons. The Balaban J connectivity index is 1.39. The van der Waals surface area contributed by atoms with Crippen LogP contribution in [0.2, 0.25) is 0 Å². The van der Waals surface area contributed by atoms with Gasteiger partial charge in [-0.25, -0.2) is 4.98 Å². The Bertz CT molecular complexity index is 1420. The number of nitrogens with zero attached hydrogens (tertiary/aromatic N) is 5. The molecule has 3 N–H and O–H groups in total. The summed E-state index contributed by atoms with van der Waals surface area (Å²) in [4.78, 5) is 21.0. The van der Waals surface area contributed by atoms with Crippen LogP contribution in [0.15, 0.2) is 73.1 Å². The Hall–Kier alpha value is -4.13. The van der Waals surface area contributed by atoms with Crippen LogP contribution in [0, 0.1) is 0 Å². The molecule has 0 unspecified atom stereocenters. The van der Waals surface area contributed by atoms with E-state index in [0.29, 0.717) is 5.65 Å². The topological polar surface area (TPSA) is 87.0 Å². The molecule has 0 spiro atoms. The van der Waals surface area contributed by atoms with Gasteiger partial charge in [0.05, 0.1) is 6.33 Å². The lowest BCUT2D eigenvalue weighted by atomic mass is 10.0. The standard InChI is InChI=1S/C25H23N7/c26-25-29-23-22(27-16-28-23)24(30-25)32-13-12-31(21-11-4-2-7-19(21)15-32)14-18-9-5-8-17-6-1-3-10-20(17)18/h1-11,16H,12-15H2,(H3,26,27,28,29,30). The number of nitrogens with one attached hydrogen (secondary N) is 1. The molecule has 32 heavy (non-hydrogen) atoms. The molecule has 7 heteroatoms. The monoisotopic (exact) mass is 421 g/mol. The molecule has 0 bridgehead atoms. The molecule has 0 fully saturated rings. The number of H-pyrrole nitrogens is 1. The van der Waals surface area contributed by atoms with Gasteiger partial charge in [-0.3, -0.25) is 0 Å². The molecule has 0 amide bonds. The van der Waals surface area contributed by atoms with Crippen molar-refractivity contribution < 1.29 is 0 Å². The van der Waals surface area contributed by atoms with Crippen molar-refractivity contribution in [1.82, 2.24) is 19.9 Å². The van der Waals surface area contributed by atoms with Gasteiger partial charge >= 0.3 is 0 Å². The molecular weight excluding hydrogens is 398 g/mol. The molecule has 0 saturated carbocycles. The zero-order chi connectivity index (χ0) is 21.5. The van der Waals surface area contributed by atoms with Gasteiger partial charge in [0.2, 0.25) is 5.95 Å². The molecule has 0 atom stereocenters. The number of aromatic amines is 1. The van der Waals surface area contributed by atoms with Gasteiger partial charge in [-0.2, -0.15) is 9.97 Å². The van der Waals surface area contributed by atoms with E-state index in [0.717, 1.165) is 37.5 Å². The van der Waals surface area contributed by atoms with Crippen LogP contribution < -0.4 is 15.5 Å². The van der Waals surface area contributed by atoms with Gasteiger partial charge in [0.1, 0.15) is 5.52 Å². The highest BCUT2D eigenvalue weighted by atomic mass is 15.3. The van der Waals surface area contributed by atoms with E-state index in [9.17, 15) is 0 Å². The molecule has 0 saturated heterocycles. The van der Waals surface area contributed by atoms with Crippen molar-refractivity contribution in [3.05, 3.63) is 84.2 Å². The number of hydrogen-bond donors (Lipinski definition) is 2. The highest BCUT2D eigenvalue weighted by Crippen LogP contribution is 2.31. The van der Waals surface area contributed by atoms with E-state index in [1.54, 1.807) is 6.33 Å². The van der Waals surface area contributed by atoms with Crippen molar-refractivity contribution in [3.8, 4) is 0 Å². The Kier molecular flexibility index (Phi) is 4.38. The fraction of sp³-hybridized carbons (Fsp3) is 0.160. The third-order valence-electron chi connectivity index (χ3n) is 6.16. The van der Waals surface area contributed by atoms with Crippen molar-refractivity contribution in [2.45, 2.75) is 13.1 Å². The minimum atomic E-state index is 0.241. The van der Waals surface area contributed by atoms with Crippen LogP contribution >= 0.6 is 0 Å². The molecule has 3 heterocycles. The summed E-state index contributed by atoms with van der Waals surface area (Å²) in [7, 11) is 0. The fourth-order valence-electron chi connectivity index (χ4n) is 4.64. The van der Waals surface area contributed by atoms with Crippen LogP contribution in [-0.2, 0) is 13.1 Å². The number of para-hydroxylation sites is 1. The summed E-state index contributed by atoms with van der Waals surface area (Å²) in [5, 5.41) is 2.57. The lowest BCUT2D eigenvalue weighted by molar-refractivity contribution is 0.752. The number of nitrogens with two attached hydrogens (primary N) is 1. The van der Waals surface area contributed by atoms with Crippen molar-refractivity contribution in [1.29, 1.82) is 0 Å². The molecule has 2 aromatic heterocycles. The molecule has 3 aromatic carbocycles. The second kappa shape index (κ2) is 7.53. The largest absolute Gasteiger partial charge is 0.368 e. The van der Waals surface area contributed by atoms with Gasteiger partial charge in [-0.1, -0.05) is 60.7 Å². The maximum absolute atomic E-state index is 5.99. The van der Waals surface area contributed by atoms with Gasteiger partial charge in [0.15, 0.2) is 11.5 Å². The first kappa shape index (κ1) is 18.6. The molecule has 6 rings (SSSR count). The quantitative estimate of drug-likeness (QED) is 0.456. The summed E-state index contributed by atoms with van der Waals surface area (Å²) in [6.07, 6.45) is 1.64. The highest BCUT2D eigenvalue weighted by Gasteiger charge is 2.23. The average Bonchev–Trinajstić information content (AvgIpc) is 3.21. The minimum Gasteiger partial charge on any atom is -0.368 e. The number of nitrogen functional groups attached to an aromatic ring is 1. The first-order valence-electron chi connectivity index (χ1n) is 10.8. The van der Waals surface area contributed by atoms with E-state index in [1.165, 1.54) is 27.6 Å². The summed E-state index contributed by atoms with van der Waals surface area (Å²) >= 11 is 0. The number of aromatic nitrogens is 4. The van der Waals surface area contributed by atoms with E-state index in [4.69, 9.17) is 5.73 Å². The van der Waals surface area contributed by atoms with E-state index in [2.05, 4.69) is 96.5 Å². The summed E-state index contributed by atoms with van der Waals surface area (Å²) in [5.74, 6) is 1.04. The normalized spacial score (nSPS) is 14.0. The van der Waals surface area contributed by atoms with E-state index in [1.807, 2.05) is 0 Å². The van der Waals surface area contributed by atoms with Gasteiger partial charge in [-0.05, 0) is 28.0 Å². The SMILES string of the molecule is Nc1nc(N2CCN(Cc3cccc4ccccc34)c3ccccc3C2)c2[nH]cnc2n1. The molecule has 1 aliphatic heterocycles. The summed E-state index contributed by atoms with van der Waals surface area (Å²) in [6, 6.07) is 23.7. The number of anilines is 3. The maximum Gasteiger partial charge on any atom is 0.224 e. The predicted octanol–water partition coefficient (Wildman–Crippen LogP) is 4.12. The van der Waals surface area contributed by atoms with Gasteiger partial charge < -0.3 is 20.5 Å². The predicted molar refractivity (Wildman–Crippen MR) is 129 cm³/mol. The second-order valence-electron chi connectivity index (χ2n) is 8.12. The van der Waals surface area contributed by atoms with Crippen LogP contribution in [0.1, 0.15) is 11.1 Å². The smallest absolute Gasteiger partial charge is 0.224 e. The lowest BCUT2D eigenvalue weighted by Gasteiger charge is -2.26. The number of hydrogen-bond acceptors (Lipinski definition) is 6. The third kappa shape index (κ3) is 3.19. The van der Waals surface area contributed by atoms with E-state index < -0.39 is 0 Å². The summed E-state index contributed by atoms with van der Waals surface area (Å²) in [5.41, 5.74) is 11.2. The Labute approximate surface area is 185 Å². The van der Waals surface area contributed by atoms with Crippen molar-refractivity contribution in [3.63, 3.8) is 0 Å². The van der Waals surface area contributed by atoms with Gasteiger partial charge in [-0.15, -0.1) is 0 Å². The third-order valence-corrected chi connectivity index (χ3v) is 6.16. The molecule has 5 aromatic rings. The van der Waals surface area contributed by atoms with Crippen molar-refractivity contribution in [2.75, 3.05) is 28.6 Å². The molecule has 0 radical (unpaired) electrons. The zero-order valence-corrected chi connectivity index (χ0v) is 17.6. The van der Waals surface area contributed by atoms with Crippen LogP contribution in [0.4, 0.5) is 17.5 Å². The second-order valence-corrected chi connectivity index (χ2v) is 8.12. The first-order valence-corrected chi connectivity index (χ1v) is 10.8. The number of rotatable bonds is 3. The molecule has 7 nitrogen and oxygen atoms in total. The number of benzene rings is 3. The highest BCUT2D eigenvalue weighted by molar-refractivity contribution is 5.86. The average molecular weight is 422 g/mol. The zero-order valence-electron chi connectivity index (χ0n) is 17.6. The minimum absolute atomic E-state index is 0.241. The van der Waals surface area contributed by atoms with Crippen molar-refractivity contribution >= 4 is 39.4 Å². The number of fused-ring (bicyclic) bond motifs is 3. The van der Waals surface area contributed by atoms with E-state index >= 15 is 0 Å². The molecule has 0 aliphatic carbocycles. The Morgan fingerprint density at radius 1 is 0.906 bits per heavy atom. The summed E-state index contributed by atoms with van der Waals surface area (Å²) in [6.45, 7) is 3.26. The van der Waals surface area contributed by atoms with Gasteiger partial charge in [0, 0.05) is 31.9 Å². The van der Waals surface area contributed by atoms with Crippen LogP contribution in [0.25, 0.3) is 21.9 Å². The van der Waals surface area contributed by atoms with Crippen LogP contribution in [0.5, 0.6) is 0 Å². The van der Waals surface area contributed by atoms with E-state index in [-0.39, 0.29) is 5.95 Å². The van der Waals surface area contributed by atoms with Gasteiger partial charge in [0.25, 0.3) is 0 Å². The summed E-state index contributed by atoms with van der Waals surface area (Å²) < 4.78 is 0. The van der Waals surface area contributed by atoms with Crippen LogP contribution in [-0.4, -0.2) is 33.0 Å². The van der Waals surface area contributed by atoms with Crippen molar-refractivity contribution in [2.24, 2.45) is 0 Å².